The zero-order chi connectivity index (χ0) is 11.0. The zero-order valence-electron chi connectivity index (χ0n) is 7.45. The van der Waals surface area contributed by atoms with Crippen LogP contribution in [0.25, 0.3) is 10.9 Å². The molecule has 0 radical (unpaired) electrons. The highest BCUT2D eigenvalue weighted by Crippen LogP contribution is 2.24. The molecule has 2 aromatic rings. The van der Waals surface area contributed by atoms with Crippen LogP contribution >= 0.6 is 22.6 Å². The lowest BCUT2D eigenvalue weighted by atomic mass is 10.2. The number of rotatable bonds is 0. The van der Waals surface area contributed by atoms with Gasteiger partial charge < -0.3 is 10.1 Å². The van der Waals surface area contributed by atoms with Crippen LogP contribution in [0.5, 0.6) is 5.75 Å². The average Bonchev–Trinajstić information content (AvgIpc) is 2.26. The number of nitrogens with one attached hydrogen (secondary N) is 1. The Kier molecular flexibility index (Phi) is 2.47. The number of aromatic nitrogens is 1. The van der Waals surface area contributed by atoms with Crippen molar-refractivity contribution in [3.05, 3.63) is 48.4 Å². The third kappa shape index (κ3) is 1.74. The zero-order valence-corrected chi connectivity index (χ0v) is 9.61. The van der Waals surface area contributed by atoms with Gasteiger partial charge in [0.1, 0.15) is 5.75 Å². The van der Waals surface area contributed by atoms with E-state index in [1.165, 1.54) is 0 Å². The lowest BCUT2D eigenvalue weighted by Gasteiger charge is -1.97. The van der Waals surface area contributed by atoms with E-state index in [1.54, 1.807) is 18.2 Å². The minimum atomic E-state index is -0.750. The molecule has 0 saturated carbocycles. The highest BCUT2D eigenvalue weighted by atomic mass is 127. The number of hydrogen-bond acceptors (Lipinski definition) is 3. The van der Waals surface area contributed by atoms with Gasteiger partial charge in [-0.05, 0) is 34.7 Å². The second kappa shape index (κ2) is 3.65. The summed E-state index contributed by atoms with van der Waals surface area (Å²) in [6.07, 6.45) is 0. The molecule has 0 aliphatic carbocycles. The van der Waals surface area contributed by atoms with E-state index in [-0.39, 0.29) is 5.75 Å². The van der Waals surface area contributed by atoms with Crippen LogP contribution in [0, 0.1) is 3.57 Å². The van der Waals surface area contributed by atoms with E-state index >= 15 is 0 Å². The van der Waals surface area contributed by atoms with Crippen LogP contribution in [0.4, 0.5) is 0 Å². The molecule has 0 aliphatic rings. The molecule has 76 valence electrons. The lowest BCUT2D eigenvalue weighted by Crippen LogP contribution is -2.22. The van der Waals surface area contributed by atoms with Crippen molar-refractivity contribution in [2.75, 3.05) is 0 Å². The Morgan fingerprint density at radius 1 is 1.27 bits per heavy atom. The van der Waals surface area contributed by atoms with Crippen LogP contribution in [-0.4, -0.2) is 10.1 Å². The molecule has 2 N–H and O–H groups in total. The highest BCUT2D eigenvalue weighted by Gasteiger charge is 2.05. The molecule has 0 atom stereocenters. The first-order chi connectivity index (χ1) is 7.09. The maximum atomic E-state index is 11.2. The first kappa shape index (κ1) is 10.2. The third-order valence-electron chi connectivity index (χ3n) is 2.01. The van der Waals surface area contributed by atoms with Gasteiger partial charge in [0.05, 0.1) is 10.9 Å². The molecule has 5 heteroatoms. The van der Waals surface area contributed by atoms with Crippen molar-refractivity contribution in [2.24, 2.45) is 0 Å². The van der Waals surface area contributed by atoms with Crippen molar-refractivity contribution in [2.45, 2.75) is 0 Å². The third-order valence-corrected chi connectivity index (χ3v) is 2.91. The van der Waals surface area contributed by atoms with Crippen LogP contribution in [-0.2, 0) is 0 Å². The van der Waals surface area contributed by atoms with E-state index in [9.17, 15) is 14.7 Å². The van der Waals surface area contributed by atoms with E-state index < -0.39 is 11.0 Å². The molecule has 0 unspecified atom stereocenters. The van der Waals surface area contributed by atoms with Gasteiger partial charge >= 0.3 is 0 Å². The summed E-state index contributed by atoms with van der Waals surface area (Å²) >= 11 is 2.03. The molecule has 0 bridgehead atoms. The molecule has 1 aromatic heterocycles. The number of benzene rings is 1. The quantitative estimate of drug-likeness (QED) is 0.567. The first-order valence-electron chi connectivity index (χ1n) is 4.14. The van der Waals surface area contributed by atoms with E-state index in [4.69, 9.17) is 0 Å². The second-order valence-corrected chi connectivity index (χ2v) is 4.17. The van der Waals surface area contributed by atoms with Crippen LogP contribution < -0.4 is 11.0 Å². The molecule has 15 heavy (non-hydrogen) atoms. The van der Waals surface area contributed by atoms with E-state index in [2.05, 4.69) is 4.98 Å². The monoisotopic (exact) mass is 315 g/mol. The summed E-state index contributed by atoms with van der Waals surface area (Å²) in [7, 11) is 0. The van der Waals surface area contributed by atoms with Gasteiger partial charge in [-0.25, -0.2) is 0 Å². The lowest BCUT2D eigenvalue weighted by molar-refractivity contribution is 0.481. The van der Waals surface area contributed by atoms with Gasteiger partial charge in [-0.2, -0.15) is 0 Å². The van der Waals surface area contributed by atoms with Gasteiger partial charge in [0, 0.05) is 9.64 Å². The van der Waals surface area contributed by atoms with E-state index in [1.807, 2.05) is 22.6 Å². The topological polar surface area (TPSA) is 70.2 Å². The number of aromatic hydroxyl groups is 1. The molecule has 0 spiro atoms. The highest BCUT2D eigenvalue weighted by molar-refractivity contribution is 14.1. The van der Waals surface area contributed by atoms with E-state index in [0.717, 1.165) is 9.64 Å². The maximum Gasteiger partial charge on any atom is 0.296 e. The molecule has 1 aromatic carbocycles. The molecular weight excluding hydrogens is 309 g/mol. The fourth-order valence-electron chi connectivity index (χ4n) is 1.33. The summed E-state index contributed by atoms with van der Waals surface area (Å²) in [5.41, 5.74) is -1.03. The van der Waals surface area contributed by atoms with Crippen LogP contribution in [0.1, 0.15) is 0 Å². The van der Waals surface area contributed by atoms with Crippen LogP contribution in [0.2, 0.25) is 0 Å². The Morgan fingerprint density at radius 2 is 2.00 bits per heavy atom. The Hall–Kier alpha value is -1.37. The molecule has 0 saturated heterocycles. The summed E-state index contributed by atoms with van der Waals surface area (Å²) in [6.45, 7) is 0. The van der Waals surface area contributed by atoms with Crippen molar-refractivity contribution < 1.29 is 5.11 Å². The SMILES string of the molecule is O=c1cc(O)c2c(I)cccc2[nH]c1=O. The number of hydrogen-bond donors (Lipinski definition) is 2. The number of halogens is 1. The predicted molar refractivity (Wildman–Crippen MR) is 65.2 cm³/mol. The molecule has 0 fully saturated rings. The van der Waals surface area contributed by atoms with Gasteiger partial charge in [0.15, 0.2) is 0 Å². The summed E-state index contributed by atoms with van der Waals surface area (Å²) in [6, 6.07) is 6.09. The minimum Gasteiger partial charge on any atom is -0.507 e. The Morgan fingerprint density at radius 3 is 2.73 bits per heavy atom. The minimum absolute atomic E-state index is 0.182. The van der Waals surface area contributed by atoms with Gasteiger partial charge in [-0.15, -0.1) is 0 Å². The molecule has 0 aliphatic heterocycles. The smallest absolute Gasteiger partial charge is 0.296 e. The summed E-state index contributed by atoms with van der Waals surface area (Å²) < 4.78 is 0.772. The summed E-state index contributed by atoms with van der Waals surface area (Å²) in [4.78, 5) is 24.8. The van der Waals surface area contributed by atoms with Crippen LogP contribution in [0.3, 0.4) is 0 Å². The van der Waals surface area contributed by atoms with Crippen molar-refractivity contribution in [3.8, 4) is 5.75 Å². The predicted octanol–water partition coefficient (Wildman–Crippen LogP) is 1.20. The molecule has 4 nitrogen and oxygen atoms in total. The standard InChI is InChI=1S/C10H6INO3/c11-5-2-1-3-6-9(5)7(13)4-8(14)10(15)12-6/h1-4,13H,(H,12,14,15). The van der Waals surface area contributed by atoms with Gasteiger partial charge in [0.2, 0.25) is 5.43 Å². The van der Waals surface area contributed by atoms with Crippen molar-refractivity contribution >= 4 is 33.5 Å². The largest absolute Gasteiger partial charge is 0.507 e. The normalized spacial score (nSPS) is 10.5. The Labute approximate surface area is 97.7 Å². The van der Waals surface area contributed by atoms with Crippen molar-refractivity contribution in [3.63, 3.8) is 0 Å². The number of H-pyrrole nitrogens is 1. The summed E-state index contributed by atoms with van der Waals surface area (Å²) in [5.74, 6) is -0.182. The number of aromatic amines is 1. The maximum absolute atomic E-state index is 11.2. The second-order valence-electron chi connectivity index (χ2n) is 3.01. The van der Waals surface area contributed by atoms with Crippen LogP contribution in [0.15, 0.2) is 33.9 Å². The van der Waals surface area contributed by atoms with Gasteiger partial charge in [-0.1, -0.05) is 6.07 Å². The average molecular weight is 315 g/mol. The fourth-order valence-corrected chi connectivity index (χ4v) is 2.11. The van der Waals surface area contributed by atoms with Crippen molar-refractivity contribution in [1.29, 1.82) is 0 Å². The first-order valence-corrected chi connectivity index (χ1v) is 5.22. The molecular formula is C10H6INO3. The Bertz CT molecular complexity index is 648. The van der Waals surface area contributed by atoms with Crippen molar-refractivity contribution in [1.82, 2.24) is 4.98 Å². The number of fused-ring (bicyclic) bond motifs is 1. The van der Waals surface area contributed by atoms with E-state index in [0.29, 0.717) is 10.9 Å². The van der Waals surface area contributed by atoms with Gasteiger partial charge in [-0.3, -0.25) is 9.59 Å². The Balaban J connectivity index is 3.17. The molecule has 0 amide bonds. The summed E-state index contributed by atoms with van der Waals surface area (Å²) in [5, 5.41) is 10.1. The molecule has 1 heterocycles. The molecule has 2 rings (SSSR count). The fraction of sp³-hybridized carbons (Fsp3) is 0. The van der Waals surface area contributed by atoms with Gasteiger partial charge in [0.25, 0.3) is 5.56 Å².